The zero-order valence-electron chi connectivity index (χ0n) is 25.1. The van der Waals surface area contributed by atoms with Gasteiger partial charge in [-0.25, -0.2) is 0 Å². The van der Waals surface area contributed by atoms with E-state index in [-0.39, 0.29) is 24.2 Å². The van der Waals surface area contributed by atoms with Gasteiger partial charge in [-0.3, -0.25) is 33.8 Å². The molecule has 1 aromatic rings. The number of aromatic hydroxyl groups is 1. The van der Waals surface area contributed by atoms with Gasteiger partial charge in [0.2, 0.25) is 5.91 Å². The van der Waals surface area contributed by atoms with Crippen LogP contribution < -0.4 is 5.73 Å². The number of nitrogens with two attached hydrogens (primary N) is 1. The Morgan fingerprint density at radius 2 is 1.74 bits per heavy atom. The minimum atomic E-state index is -2.74. The minimum Gasteiger partial charge on any atom is -0.507 e. The van der Waals surface area contributed by atoms with Crippen LogP contribution in [0.2, 0.25) is 5.02 Å². The average molecular weight is 616 g/mol. The zero-order valence-corrected chi connectivity index (χ0v) is 25.9. The normalized spacial score (nSPS) is 31.6. The summed E-state index contributed by atoms with van der Waals surface area (Å²) in [5.41, 5.74) is 3.69. The molecule has 0 bridgehead atoms. The number of rotatable bonds is 7. The van der Waals surface area contributed by atoms with Crippen molar-refractivity contribution in [2.45, 2.75) is 76.5 Å². The van der Waals surface area contributed by atoms with E-state index >= 15 is 0 Å². The van der Waals surface area contributed by atoms with Gasteiger partial charge in [0.1, 0.15) is 5.75 Å². The van der Waals surface area contributed by atoms with Crippen molar-refractivity contribution in [3.8, 4) is 5.75 Å². The van der Waals surface area contributed by atoms with E-state index in [0.717, 1.165) is 13.1 Å². The van der Waals surface area contributed by atoms with Crippen LogP contribution in [0.1, 0.15) is 73.4 Å². The second-order valence-corrected chi connectivity index (χ2v) is 13.6. The van der Waals surface area contributed by atoms with Gasteiger partial charge in [0, 0.05) is 24.0 Å². The maximum Gasteiger partial charge on any atom is 0.235 e. The summed E-state index contributed by atoms with van der Waals surface area (Å²) in [6.07, 6.45) is 7.54. The average Bonchev–Trinajstić information content (AvgIpc) is 3.21. The first-order chi connectivity index (χ1) is 20.3. The first-order valence-electron chi connectivity index (χ1n) is 15.4. The van der Waals surface area contributed by atoms with Crippen molar-refractivity contribution in [3.63, 3.8) is 0 Å². The molecule has 3 saturated carbocycles. The van der Waals surface area contributed by atoms with Crippen LogP contribution in [0.15, 0.2) is 6.07 Å². The Labute approximate surface area is 256 Å². The van der Waals surface area contributed by atoms with Crippen molar-refractivity contribution in [2.24, 2.45) is 35.3 Å². The van der Waals surface area contributed by atoms with E-state index in [0.29, 0.717) is 28.6 Å². The van der Waals surface area contributed by atoms with Crippen LogP contribution in [0, 0.1) is 29.6 Å². The number of carbonyl (C=O) groups is 5. The molecule has 0 saturated heterocycles. The lowest BCUT2D eigenvalue weighted by Crippen LogP contribution is -2.74. The number of halogens is 1. The summed E-state index contributed by atoms with van der Waals surface area (Å²) in [6.45, 7) is 4.30. The van der Waals surface area contributed by atoms with Gasteiger partial charge in [0.05, 0.1) is 17.5 Å². The second kappa shape index (κ2) is 12.0. The van der Waals surface area contributed by atoms with Gasteiger partial charge in [-0.2, -0.15) is 0 Å². The maximum atomic E-state index is 14.0. The predicted octanol–water partition coefficient (Wildman–Crippen LogP) is 2.31. The number of phenolic OH excluding ortho intramolecular Hbond substituents is 1. The number of Topliss-reactive ketones (excluding diaryl/α,β-unsaturated/α-hetero) is 4. The third kappa shape index (κ3) is 5.24. The summed E-state index contributed by atoms with van der Waals surface area (Å²) >= 11 is 6.95. The molecule has 4 aliphatic carbocycles. The lowest BCUT2D eigenvalue weighted by Gasteiger charge is -2.52. The summed E-state index contributed by atoms with van der Waals surface area (Å²) < 4.78 is 0. The Morgan fingerprint density at radius 3 is 2.33 bits per heavy atom. The number of hydrogen-bond donors (Lipinski definition) is 3. The van der Waals surface area contributed by atoms with E-state index in [1.165, 1.54) is 49.5 Å². The van der Waals surface area contributed by atoms with Crippen molar-refractivity contribution < 1.29 is 34.2 Å². The number of fused-ring (bicyclic) bond motifs is 3. The number of primary amides is 1. The molecular formula is C32H42ClN3O7. The van der Waals surface area contributed by atoms with Gasteiger partial charge < -0.3 is 15.9 Å². The molecule has 0 heterocycles. The van der Waals surface area contributed by atoms with Gasteiger partial charge in [-0.05, 0) is 75.4 Å². The van der Waals surface area contributed by atoms with Gasteiger partial charge in [0.25, 0.3) is 0 Å². The number of ketones is 4. The van der Waals surface area contributed by atoms with Crippen molar-refractivity contribution in [2.75, 3.05) is 27.2 Å². The molecule has 234 valence electrons. The number of carbonyl (C=O) groups excluding carboxylic acids is 5. The highest BCUT2D eigenvalue weighted by atomic mass is 35.5. The number of phenols is 1. The molecule has 4 N–H and O–H groups in total. The van der Waals surface area contributed by atoms with E-state index in [9.17, 15) is 34.2 Å². The third-order valence-corrected chi connectivity index (χ3v) is 10.9. The highest BCUT2D eigenvalue weighted by Gasteiger charge is 2.69. The van der Waals surface area contributed by atoms with Crippen molar-refractivity contribution in [3.05, 3.63) is 27.8 Å². The maximum absolute atomic E-state index is 14.0. The Morgan fingerprint density at radius 1 is 1.09 bits per heavy atom. The molecule has 1 amide bonds. The first-order valence-corrected chi connectivity index (χ1v) is 15.8. The number of amides is 1. The summed E-state index contributed by atoms with van der Waals surface area (Å²) in [5, 5.41) is 23.2. The molecule has 4 aliphatic rings. The molecule has 43 heavy (non-hydrogen) atoms. The molecule has 1 aromatic carbocycles. The topological polar surface area (TPSA) is 158 Å². The Hall–Kier alpha value is -2.66. The van der Waals surface area contributed by atoms with Crippen molar-refractivity contribution >= 4 is 40.6 Å². The lowest BCUT2D eigenvalue weighted by molar-refractivity contribution is -0.181. The molecular weight excluding hydrogens is 574 g/mol. The Balaban J connectivity index is 1.49. The van der Waals surface area contributed by atoms with Crippen LogP contribution in [0.5, 0.6) is 5.75 Å². The summed E-state index contributed by atoms with van der Waals surface area (Å²) in [7, 11) is 3.12. The minimum absolute atomic E-state index is 0.00597. The molecule has 10 nitrogen and oxygen atoms in total. The fourth-order valence-corrected chi connectivity index (χ4v) is 8.57. The van der Waals surface area contributed by atoms with E-state index in [2.05, 4.69) is 11.8 Å². The van der Waals surface area contributed by atoms with Crippen molar-refractivity contribution in [1.29, 1.82) is 0 Å². The molecule has 0 radical (unpaired) electrons. The van der Waals surface area contributed by atoms with E-state index in [1.807, 2.05) is 0 Å². The number of benzene rings is 1. The van der Waals surface area contributed by atoms with Crippen LogP contribution in [0.25, 0.3) is 0 Å². The van der Waals surface area contributed by atoms with Crippen LogP contribution in [0.4, 0.5) is 0 Å². The summed E-state index contributed by atoms with van der Waals surface area (Å²) in [4.78, 5) is 70.4. The molecule has 0 aliphatic heterocycles. The smallest absolute Gasteiger partial charge is 0.235 e. The molecule has 0 aromatic heterocycles. The standard InChI is InChI=1S/C32H42ClN3O7/c1-4-36(14-16-9-7-5-6-8-10-16)15-18-13-21(37)23-19(25(18)33)11-17-12-20-26(35(2)3)28(39)24(31(34)42)30(41)32(20,43)29(40)22(17)27(23)38/h13,16-17,20,22,24,26,37,43H,4-12,14-15H2,1-3H3,(H2,34,42)/t17-,20-,22?,24?,26-,32-/m0/s1. The zero-order chi connectivity index (χ0) is 31.4. The predicted molar refractivity (Wildman–Crippen MR) is 159 cm³/mol. The molecule has 2 unspecified atom stereocenters. The fraction of sp³-hybridized carbons (Fsp3) is 0.656. The summed E-state index contributed by atoms with van der Waals surface area (Å²) in [5.74, 6) is -10.0. The number of hydrogen-bond acceptors (Lipinski definition) is 9. The lowest BCUT2D eigenvalue weighted by atomic mass is 9.52. The number of aliphatic hydroxyl groups is 1. The highest BCUT2D eigenvalue weighted by Crippen LogP contribution is 2.52. The summed E-state index contributed by atoms with van der Waals surface area (Å²) in [6, 6.07) is 0.342. The molecule has 6 atom stereocenters. The molecule has 5 rings (SSSR count). The molecule has 11 heteroatoms. The van der Waals surface area contributed by atoms with Gasteiger partial charge >= 0.3 is 0 Å². The van der Waals surface area contributed by atoms with Gasteiger partial charge in [0.15, 0.2) is 34.7 Å². The van der Waals surface area contributed by atoms with Gasteiger partial charge in [-0.1, -0.05) is 44.2 Å². The fourth-order valence-electron chi connectivity index (χ4n) is 8.28. The van der Waals surface area contributed by atoms with E-state index < -0.39 is 64.4 Å². The first kappa shape index (κ1) is 31.8. The second-order valence-electron chi connectivity index (χ2n) is 13.2. The van der Waals surface area contributed by atoms with Crippen LogP contribution in [-0.4, -0.2) is 87.9 Å². The number of likely N-dealkylation sites (N-methyl/N-ethyl adjacent to an activating group) is 1. The van der Waals surface area contributed by atoms with Crippen LogP contribution >= 0.6 is 11.6 Å². The SMILES string of the molecule is CCN(Cc1cc(O)c2c(c1Cl)C[C@H]1C[C@H]3[C@H](N(C)C)C(=O)C(C(N)=O)C(=O)[C@@]3(O)C(=O)C1C2=O)CC1CCCCCC1. The van der Waals surface area contributed by atoms with Crippen molar-refractivity contribution in [1.82, 2.24) is 9.80 Å². The van der Waals surface area contributed by atoms with Crippen LogP contribution in [-0.2, 0) is 32.1 Å². The Bertz CT molecular complexity index is 1350. The number of nitrogens with zero attached hydrogens (tertiary/aromatic N) is 2. The third-order valence-electron chi connectivity index (χ3n) is 10.4. The monoisotopic (exact) mass is 615 g/mol. The van der Waals surface area contributed by atoms with Crippen LogP contribution in [0.3, 0.4) is 0 Å². The molecule has 0 spiro atoms. The molecule has 3 fully saturated rings. The van der Waals surface area contributed by atoms with E-state index in [4.69, 9.17) is 17.3 Å². The largest absolute Gasteiger partial charge is 0.507 e. The van der Waals surface area contributed by atoms with Gasteiger partial charge in [-0.15, -0.1) is 0 Å². The quantitative estimate of drug-likeness (QED) is 0.309. The highest BCUT2D eigenvalue weighted by molar-refractivity contribution is 6.34. The Kier molecular flexibility index (Phi) is 8.88. The van der Waals surface area contributed by atoms with E-state index in [1.54, 1.807) is 14.1 Å².